The fourth-order valence-electron chi connectivity index (χ4n) is 1.68. The third-order valence-electron chi connectivity index (χ3n) is 2.86. The van der Waals surface area contributed by atoms with E-state index in [1.54, 1.807) is 31.1 Å². The van der Waals surface area contributed by atoms with Gasteiger partial charge in [0.2, 0.25) is 0 Å². The SMILES string of the molecule is CN(C)[C@H](CO)C(O)c1ccc(S(C)(=O)=O)cc1. The summed E-state index contributed by atoms with van der Waals surface area (Å²) in [4.78, 5) is 1.93. The molecular weight excluding hydrogens is 254 g/mol. The molecule has 1 aromatic rings. The number of aliphatic hydroxyl groups excluding tert-OH is 2. The molecule has 0 bridgehead atoms. The number of hydrogen-bond acceptors (Lipinski definition) is 5. The summed E-state index contributed by atoms with van der Waals surface area (Å²) in [5.74, 6) is 0. The van der Waals surface area contributed by atoms with Crippen LogP contribution in [0.1, 0.15) is 11.7 Å². The van der Waals surface area contributed by atoms with Gasteiger partial charge in [-0.05, 0) is 31.8 Å². The summed E-state index contributed by atoms with van der Waals surface area (Å²) in [6, 6.07) is 5.62. The van der Waals surface area contributed by atoms with E-state index in [-0.39, 0.29) is 11.5 Å². The molecule has 2 atom stereocenters. The fourth-order valence-corrected chi connectivity index (χ4v) is 2.31. The maximum absolute atomic E-state index is 11.3. The molecule has 1 unspecified atom stereocenters. The van der Waals surface area contributed by atoms with Crippen molar-refractivity contribution in [3.05, 3.63) is 29.8 Å². The van der Waals surface area contributed by atoms with Crippen molar-refractivity contribution >= 4 is 9.84 Å². The molecule has 0 aliphatic heterocycles. The van der Waals surface area contributed by atoms with E-state index in [0.717, 1.165) is 6.26 Å². The van der Waals surface area contributed by atoms with E-state index in [1.165, 1.54) is 12.1 Å². The molecule has 102 valence electrons. The predicted molar refractivity (Wildman–Crippen MR) is 69.1 cm³/mol. The van der Waals surface area contributed by atoms with Crippen molar-refractivity contribution in [2.24, 2.45) is 0 Å². The highest BCUT2D eigenvalue weighted by Crippen LogP contribution is 2.21. The maximum atomic E-state index is 11.3. The van der Waals surface area contributed by atoms with Crippen LogP contribution in [0.3, 0.4) is 0 Å². The molecule has 0 amide bonds. The zero-order valence-electron chi connectivity index (χ0n) is 10.7. The lowest BCUT2D eigenvalue weighted by Crippen LogP contribution is -2.37. The largest absolute Gasteiger partial charge is 0.395 e. The van der Waals surface area contributed by atoms with E-state index in [4.69, 9.17) is 0 Å². The van der Waals surface area contributed by atoms with Gasteiger partial charge in [0.05, 0.1) is 23.6 Å². The van der Waals surface area contributed by atoms with Crippen molar-refractivity contribution in [2.75, 3.05) is 27.0 Å². The van der Waals surface area contributed by atoms with Gasteiger partial charge in [0.25, 0.3) is 0 Å². The molecule has 18 heavy (non-hydrogen) atoms. The average molecular weight is 273 g/mol. The van der Waals surface area contributed by atoms with Crippen molar-refractivity contribution < 1.29 is 18.6 Å². The second-order valence-corrected chi connectivity index (χ2v) is 6.52. The zero-order valence-corrected chi connectivity index (χ0v) is 11.6. The summed E-state index contributed by atoms with van der Waals surface area (Å²) in [6.45, 7) is -0.179. The highest BCUT2D eigenvalue weighted by Gasteiger charge is 2.22. The van der Waals surface area contributed by atoms with E-state index in [2.05, 4.69) is 0 Å². The lowest BCUT2D eigenvalue weighted by atomic mass is 10.0. The Balaban J connectivity index is 2.98. The van der Waals surface area contributed by atoms with Crippen molar-refractivity contribution in [3.8, 4) is 0 Å². The van der Waals surface area contributed by atoms with Gasteiger partial charge in [0, 0.05) is 6.26 Å². The first kappa shape index (κ1) is 15.1. The Kier molecular flexibility index (Phi) is 4.86. The van der Waals surface area contributed by atoms with Crippen LogP contribution in [0, 0.1) is 0 Å². The highest BCUT2D eigenvalue weighted by molar-refractivity contribution is 7.90. The molecule has 1 aromatic carbocycles. The van der Waals surface area contributed by atoms with E-state index < -0.39 is 22.0 Å². The van der Waals surface area contributed by atoms with E-state index in [1.807, 2.05) is 0 Å². The van der Waals surface area contributed by atoms with E-state index in [0.29, 0.717) is 5.56 Å². The Hall–Kier alpha value is -0.950. The van der Waals surface area contributed by atoms with E-state index in [9.17, 15) is 18.6 Å². The minimum atomic E-state index is -3.23. The Morgan fingerprint density at radius 3 is 2.06 bits per heavy atom. The Morgan fingerprint density at radius 2 is 1.72 bits per heavy atom. The molecule has 0 saturated heterocycles. The number of likely N-dealkylation sites (N-methyl/N-ethyl adjacent to an activating group) is 1. The molecule has 5 nitrogen and oxygen atoms in total. The molecule has 0 saturated carbocycles. The summed E-state index contributed by atoms with van der Waals surface area (Å²) in [7, 11) is 0.289. The lowest BCUT2D eigenvalue weighted by Gasteiger charge is -2.27. The predicted octanol–water partition coefficient (Wildman–Crippen LogP) is 0.0460. The van der Waals surface area contributed by atoms with Crippen LogP contribution in [0.4, 0.5) is 0 Å². The third-order valence-corrected chi connectivity index (χ3v) is 3.99. The molecule has 0 aliphatic rings. The molecule has 1 rings (SSSR count). The van der Waals surface area contributed by atoms with Crippen LogP contribution in [-0.4, -0.2) is 56.5 Å². The van der Waals surface area contributed by atoms with Crippen LogP contribution >= 0.6 is 0 Å². The van der Waals surface area contributed by atoms with Gasteiger partial charge in [-0.15, -0.1) is 0 Å². The number of hydrogen-bond donors (Lipinski definition) is 2. The molecule has 0 heterocycles. The van der Waals surface area contributed by atoms with Gasteiger partial charge in [-0.25, -0.2) is 8.42 Å². The van der Waals surface area contributed by atoms with Crippen LogP contribution in [0.25, 0.3) is 0 Å². The second-order valence-electron chi connectivity index (χ2n) is 4.50. The number of sulfone groups is 1. The highest BCUT2D eigenvalue weighted by atomic mass is 32.2. The topological polar surface area (TPSA) is 77.8 Å². The molecular formula is C12H19NO4S. The van der Waals surface area contributed by atoms with Crippen LogP contribution in [0.15, 0.2) is 29.2 Å². The first-order valence-electron chi connectivity index (χ1n) is 5.52. The standard InChI is InChI=1S/C12H19NO4S/c1-13(2)11(8-14)12(15)9-4-6-10(7-5-9)18(3,16)17/h4-7,11-12,14-15H,8H2,1-3H3/t11-,12?/m1/s1. The number of rotatable bonds is 5. The summed E-state index contributed by atoms with van der Waals surface area (Å²) >= 11 is 0. The quantitative estimate of drug-likeness (QED) is 0.792. The fraction of sp³-hybridized carbons (Fsp3) is 0.500. The minimum Gasteiger partial charge on any atom is -0.395 e. The number of nitrogens with zero attached hydrogens (tertiary/aromatic N) is 1. The molecule has 0 radical (unpaired) electrons. The summed E-state index contributed by atoms with van der Waals surface area (Å²) < 4.78 is 22.6. The van der Waals surface area contributed by atoms with Gasteiger partial charge >= 0.3 is 0 Å². The monoisotopic (exact) mass is 273 g/mol. The summed E-state index contributed by atoms with van der Waals surface area (Å²) in [5.41, 5.74) is 0.579. The van der Waals surface area contributed by atoms with Gasteiger partial charge in [0.15, 0.2) is 9.84 Å². The van der Waals surface area contributed by atoms with Crippen molar-refractivity contribution in [1.29, 1.82) is 0 Å². The van der Waals surface area contributed by atoms with Gasteiger partial charge in [0.1, 0.15) is 0 Å². The Morgan fingerprint density at radius 1 is 1.22 bits per heavy atom. The molecule has 0 aromatic heterocycles. The molecule has 6 heteroatoms. The van der Waals surface area contributed by atoms with Crippen molar-refractivity contribution in [3.63, 3.8) is 0 Å². The van der Waals surface area contributed by atoms with Gasteiger partial charge < -0.3 is 15.1 Å². The maximum Gasteiger partial charge on any atom is 0.175 e. The number of benzene rings is 1. The Bertz CT molecular complexity index is 481. The molecule has 0 aliphatic carbocycles. The lowest BCUT2D eigenvalue weighted by molar-refractivity contribution is 0.0389. The van der Waals surface area contributed by atoms with Crippen LogP contribution in [0.2, 0.25) is 0 Å². The smallest absolute Gasteiger partial charge is 0.175 e. The third kappa shape index (κ3) is 3.52. The minimum absolute atomic E-state index is 0.179. The van der Waals surface area contributed by atoms with Crippen LogP contribution in [-0.2, 0) is 9.84 Å². The van der Waals surface area contributed by atoms with Gasteiger partial charge in [-0.2, -0.15) is 0 Å². The first-order chi connectivity index (χ1) is 8.27. The normalized spacial score (nSPS) is 15.7. The zero-order chi connectivity index (χ0) is 13.9. The van der Waals surface area contributed by atoms with Crippen molar-refractivity contribution in [2.45, 2.75) is 17.0 Å². The van der Waals surface area contributed by atoms with Gasteiger partial charge in [-0.3, -0.25) is 0 Å². The summed E-state index contributed by atoms with van der Waals surface area (Å²) in [6.07, 6.45) is 0.271. The van der Waals surface area contributed by atoms with Crippen molar-refractivity contribution in [1.82, 2.24) is 4.90 Å². The number of aliphatic hydroxyl groups is 2. The molecule has 0 spiro atoms. The second kappa shape index (κ2) is 5.79. The first-order valence-corrected chi connectivity index (χ1v) is 7.42. The van der Waals surface area contributed by atoms with Crippen LogP contribution in [0.5, 0.6) is 0 Å². The molecule has 0 fully saturated rings. The van der Waals surface area contributed by atoms with Crippen LogP contribution < -0.4 is 0 Å². The Labute approximate surface area is 108 Å². The van der Waals surface area contributed by atoms with E-state index >= 15 is 0 Å². The van der Waals surface area contributed by atoms with Gasteiger partial charge in [-0.1, -0.05) is 12.1 Å². The summed E-state index contributed by atoms with van der Waals surface area (Å²) in [5, 5.41) is 19.3. The average Bonchev–Trinajstić information content (AvgIpc) is 2.28. The molecule has 2 N–H and O–H groups in total.